The summed E-state index contributed by atoms with van der Waals surface area (Å²) in [5.74, 6) is 0. The molecular weight excluding hydrogens is 260 g/mol. The third-order valence-corrected chi connectivity index (χ3v) is 2.96. The zero-order valence-electron chi connectivity index (χ0n) is 7.87. The van der Waals surface area contributed by atoms with Gasteiger partial charge in [-0.25, -0.2) is 0 Å². The molecule has 0 radical (unpaired) electrons. The standard InChI is InChI=1S/C10H9BrN2O2/c11-9-3-1-2-8-7(4-5-13(14)15)6-12-10(8)9/h1-4,12H,5-6H2/b7-4+. The van der Waals surface area contributed by atoms with Crippen molar-refractivity contribution in [1.82, 2.24) is 0 Å². The lowest BCUT2D eigenvalue weighted by Gasteiger charge is -2.00. The minimum Gasteiger partial charge on any atom is -0.380 e. The minimum absolute atomic E-state index is 0.122. The highest BCUT2D eigenvalue weighted by molar-refractivity contribution is 9.10. The molecule has 15 heavy (non-hydrogen) atoms. The summed E-state index contributed by atoms with van der Waals surface area (Å²) in [5, 5.41) is 13.5. The van der Waals surface area contributed by atoms with Crippen molar-refractivity contribution in [3.63, 3.8) is 0 Å². The van der Waals surface area contributed by atoms with E-state index in [1.807, 2.05) is 18.2 Å². The first kappa shape index (κ1) is 10.2. The van der Waals surface area contributed by atoms with E-state index in [1.165, 1.54) is 0 Å². The van der Waals surface area contributed by atoms with Crippen LogP contribution in [0.3, 0.4) is 0 Å². The first-order valence-corrected chi connectivity index (χ1v) is 5.31. The fourth-order valence-corrected chi connectivity index (χ4v) is 2.12. The Morgan fingerprint density at radius 3 is 3.13 bits per heavy atom. The van der Waals surface area contributed by atoms with Crippen LogP contribution in [0.15, 0.2) is 28.7 Å². The van der Waals surface area contributed by atoms with E-state index in [1.54, 1.807) is 6.08 Å². The molecule has 0 saturated carbocycles. The number of nitrogens with zero attached hydrogens (tertiary/aromatic N) is 1. The Kier molecular flexibility index (Phi) is 2.73. The molecule has 0 aromatic heterocycles. The fraction of sp³-hybridized carbons (Fsp3) is 0.200. The van der Waals surface area contributed by atoms with Crippen LogP contribution in [0.4, 0.5) is 5.69 Å². The van der Waals surface area contributed by atoms with Gasteiger partial charge in [0.05, 0.1) is 5.69 Å². The van der Waals surface area contributed by atoms with E-state index in [4.69, 9.17) is 0 Å². The molecular formula is C10H9BrN2O2. The molecule has 4 nitrogen and oxygen atoms in total. The predicted octanol–water partition coefficient (Wildman–Crippen LogP) is 2.53. The number of hydrogen-bond acceptors (Lipinski definition) is 3. The number of nitrogens with one attached hydrogen (secondary N) is 1. The highest BCUT2D eigenvalue weighted by atomic mass is 79.9. The smallest absolute Gasteiger partial charge is 0.222 e. The maximum atomic E-state index is 10.3. The van der Waals surface area contributed by atoms with Crippen molar-refractivity contribution in [2.75, 3.05) is 18.4 Å². The first-order chi connectivity index (χ1) is 7.18. The Hall–Kier alpha value is -1.36. The number of para-hydroxylation sites is 1. The second-order valence-corrected chi connectivity index (χ2v) is 4.11. The summed E-state index contributed by atoms with van der Waals surface area (Å²) < 4.78 is 0.990. The molecule has 0 aliphatic carbocycles. The molecule has 0 fully saturated rings. The molecule has 2 rings (SSSR count). The van der Waals surface area contributed by atoms with Gasteiger partial charge in [-0.1, -0.05) is 12.1 Å². The summed E-state index contributed by atoms with van der Waals surface area (Å²) in [6.07, 6.45) is 1.66. The summed E-state index contributed by atoms with van der Waals surface area (Å²) >= 11 is 3.43. The van der Waals surface area contributed by atoms with Crippen LogP contribution in [-0.2, 0) is 0 Å². The summed E-state index contributed by atoms with van der Waals surface area (Å²) in [6.45, 7) is 0.536. The van der Waals surface area contributed by atoms with Crippen molar-refractivity contribution in [2.45, 2.75) is 0 Å². The Morgan fingerprint density at radius 2 is 2.40 bits per heavy atom. The van der Waals surface area contributed by atoms with Gasteiger partial charge in [-0.3, -0.25) is 10.1 Å². The Labute approximate surface area is 95.3 Å². The molecule has 0 amide bonds. The van der Waals surface area contributed by atoms with E-state index in [9.17, 15) is 10.1 Å². The number of anilines is 1. The molecule has 0 spiro atoms. The van der Waals surface area contributed by atoms with E-state index in [0.29, 0.717) is 6.54 Å². The van der Waals surface area contributed by atoms with Crippen molar-refractivity contribution < 1.29 is 4.92 Å². The molecule has 0 atom stereocenters. The van der Waals surface area contributed by atoms with Crippen LogP contribution in [0.2, 0.25) is 0 Å². The summed E-state index contributed by atoms with van der Waals surface area (Å²) in [5.41, 5.74) is 3.06. The van der Waals surface area contributed by atoms with Crippen molar-refractivity contribution in [1.29, 1.82) is 0 Å². The quantitative estimate of drug-likeness (QED) is 0.663. The fourth-order valence-electron chi connectivity index (χ4n) is 1.62. The molecule has 5 heteroatoms. The van der Waals surface area contributed by atoms with E-state index < -0.39 is 0 Å². The normalized spacial score (nSPS) is 16.2. The van der Waals surface area contributed by atoms with Gasteiger partial charge in [0.25, 0.3) is 0 Å². The average Bonchev–Trinajstić information content (AvgIpc) is 2.59. The molecule has 0 bridgehead atoms. The maximum Gasteiger partial charge on any atom is 0.222 e. The zero-order valence-corrected chi connectivity index (χ0v) is 9.45. The number of nitro groups is 1. The summed E-state index contributed by atoms with van der Waals surface area (Å²) in [6, 6.07) is 5.84. The SMILES string of the molecule is O=[N+]([O-])C/C=C1\CNc2c(Br)cccc21. The Balaban J connectivity index is 2.32. The van der Waals surface area contributed by atoms with Gasteiger partial charge in [0.2, 0.25) is 6.54 Å². The maximum absolute atomic E-state index is 10.3. The molecule has 0 saturated heterocycles. The van der Waals surface area contributed by atoms with Gasteiger partial charge < -0.3 is 5.32 Å². The summed E-state index contributed by atoms with van der Waals surface area (Å²) in [7, 11) is 0. The van der Waals surface area contributed by atoms with Crippen molar-refractivity contribution in [3.8, 4) is 0 Å². The highest BCUT2D eigenvalue weighted by Crippen LogP contribution is 2.36. The molecule has 1 aromatic rings. The van der Waals surface area contributed by atoms with E-state index in [2.05, 4.69) is 21.2 Å². The van der Waals surface area contributed by atoms with Crippen molar-refractivity contribution in [3.05, 3.63) is 44.4 Å². The van der Waals surface area contributed by atoms with Gasteiger partial charge in [0, 0.05) is 21.5 Å². The van der Waals surface area contributed by atoms with Crippen LogP contribution in [0, 0.1) is 10.1 Å². The Bertz CT molecular complexity index is 443. The molecule has 1 aliphatic rings. The van der Waals surface area contributed by atoms with Gasteiger partial charge in [-0.05, 0) is 33.6 Å². The number of hydrogen-bond donors (Lipinski definition) is 1. The zero-order chi connectivity index (χ0) is 10.8. The van der Waals surface area contributed by atoms with Crippen molar-refractivity contribution >= 4 is 27.2 Å². The average molecular weight is 269 g/mol. The van der Waals surface area contributed by atoms with Crippen LogP contribution in [-0.4, -0.2) is 18.0 Å². The van der Waals surface area contributed by atoms with Crippen LogP contribution >= 0.6 is 15.9 Å². The number of rotatable bonds is 2. The third-order valence-electron chi connectivity index (χ3n) is 2.30. The highest BCUT2D eigenvalue weighted by Gasteiger charge is 2.17. The van der Waals surface area contributed by atoms with Gasteiger partial charge in [0.15, 0.2) is 0 Å². The Morgan fingerprint density at radius 1 is 1.60 bits per heavy atom. The largest absolute Gasteiger partial charge is 0.380 e. The lowest BCUT2D eigenvalue weighted by molar-refractivity contribution is -0.468. The monoisotopic (exact) mass is 268 g/mol. The topological polar surface area (TPSA) is 55.2 Å². The van der Waals surface area contributed by atoms with Gasteiger partial charge in [0.1, 0.15) is 0 Å². The van der Waals surface area contributed by atoms with Crippen LogP contribution in [0.5, 0.6) is 0 Å². The predicted molar refractivity (Wildman–Crippen MR) is 62.5 cm³/mol. The third kappa shape index (κ3) is 2.02. The van der Waals surface area contributed by atoms with Gasteiger partial charge in [-0.15, -0.1) is 0 Å². The van der Waals surface area contributed by atoms with Gasteiger partial charge in [-0.2, -0.15) is 0 Å². The molecule has 1 aromatic carbocycles. The molecule has 0 unspecified atom stereocenters. The number of benzene rings is 1. The number of fused-ring (bicyclic) bond motifs is 1. The van der Waals surface area contributed by atoms with E-state index >= 15 is 0 Å². The molecule has 1 N–H and O–H groups in total. The van der Waals surface area contributed by atoms with Crippen molar-refractivity contribution in [2.24, 2.45) is 0 Å². The van der Waals surface area contributed by atoms with Gasteiger partial charge >= 0.3 is 0 Å². The van der Waals surface area contributed by atoms with E-state index in [-0.39, 0.29) is 11.5 Å². The number of halogens is 1. The second-order valence-electron chi connectivity index (χ2n) is 3.26. The lowest BCUT2D eigenvalue weighted by Crippen LogP contribution is -1.99. The summed E-state index contributed by atoms with van der Waals surface area (Å²) in [4.78, 5) is 9.94. The molecule has 78 valence electrons. The lowest BCUT2D eigenvalue weighted by atomic mass is 10.1. The van der Waals surface area contributed by atoms with Crippen LogP contribution in [0.25, 0.3) is 5.57 Å². The van der Waals surface area contributed by atoms with Crippen LogP contribution in [0.1, 0.15) is 5.56 Å². The minimum atomic E-state index is -0.330. The van der Waals surface area contributed by atoms with E-state index in [0.717, 1.165) is 21.3 Å². The second kappa shape index (κ2) is 4.02. The first-order valence-electron chi connectivity index (χ1n) is 4.52. The molecule has 1 aliphatic heterocycles. The molecule has 1 heterocycles. The van der Waals surface area contributed by atoms with Crippen LogP contribution < -0.4 is 5.32 Å².